The van der Waals surface area contributed by atoms with Gasteiger partial charge in [0.2, 0.25) is 0 Å². The molecule has 0 spiro atoms. The molecule has 1 fully saturated rings. The minimum Gasteiger partial charge on any atom is -0.319 e. The van der Waals surface area contributed by atoms with Crippen molar-refractivity contribution >= 4 is 35.1 Å². The van der Waals surface area contributed by atoms with Crippen LogP contribution in [0.4, 0.5) is 9.18 Å². The summed E-state index contributed by atoms with van der Waals surface area (Å²) >= 11 is 12.2. The lowest BCUT2D eigenvalue weighted by Crippen LogP contribution is -3.09. The molecule has 2 N–H and O–H groups in total. The molecule has 2 atom stereocenters. The number of carbonyl (C=O) groups is 2. The molecule has 2 aromatic carbocycles. The van der Waals surface area contributed by atoms with Crippen LogP contribution in [0.1, 0.15) is 18.1 Å². The van der Waals surface area contributed by atoms with Gasteiger partial charge >= 0.3 is 6.03 Å². The molecule has 8 heteroatoms. The van der Waals surface area contributed by atoms with E-state index in [4.69, 9.17) is 23.2 Å². The summed E-state index contributed by atoms with van der Waals surface area (Å²) in [6.45, 7) is 2.22. The summed E-state index contributed by atoms with van der Waals surface area (Å²) in [7, 11) is 1.83. The summed E-state index contributed by atoms with van der Waals surface area (Å²) in [5.41, 5.74) is -0.00185. The smallest absolute Gasteiger partial charge is 0.319 e. The number of hydrogen-bond donors (Lipinski definition) is 2. The van der Waals surface area contributed by atoms with E-state index in [-0.39, 0.29) is 12.5 Å². The SMILES string of the molecule is C[NH+](Cc1cccc(F)c1)CN1C(=O)N[C@@](C)(c2ccc(Cl)cc2Cl)C1=O. The monoisotopic (exact) mass is 410 g/mol. The Balaban J connectivity index is 1.77. The molecule has 0 aliphatic carbocycles. The largest absolute Gasteiger partial charge is 0.329 e. The lowest BCUT2D eigenvalue weighted by atomic mass is 9.92. The van der Waals surface area contributed by atoms with Gasteiger partial charge in [-0.3, -0.25) is 4.79 Å². The van der Waals surface area contributed by atoms with E-state index in [2.05, 4.69) is 5.32 Å². The fourth-order valence-corrected chi connectivity index (χ4v) is 3.84. The number of nitrogens with zero attached hydrogens (tertiary/aromatic N) is 1. The molecule has 0 bridgehead atoms. The molecule has 1 aliphatic heterocycles. The molecule has 3 amide bonds. The van der Waals surface area contributed by atoms with Gasteiger partial charge in [-0.2, -0.15) is 0 Å². The lowest BCUT2D eigenvalue weighted by Gasteiger charge is -2.24. The first-order chi connectivity index (χ1) is 12.7. The van der Waals surface area contributed by atoms with Crippen molar-refractivity contribution in [2.45, 2.75) is 19.0 Å². The number of halogens is 3. The summed E-state index contributed by atoms with van der Waals surface area (Å²) < 4.78 is 13.3. The van der Waals surface area contributed by atoms with E-state index in [9.17, 15) is 14.0 Å². The number of quaternary nitrogens is 1. The zero-order valence-corrected chi connectivity index (χ0v) is 16.4. The van der Waals surface area contributed by atoms with E-state index in [1.807, 2.05) is 7.05 Å². The van der Waals surface area contributed by atoms with Crippen LogP contribution >= 0.6 is 23.2 Å². The molecule has 1 saturated heterocycles. The highest BCUT2D eigenvalue weighted by Gasteiger charge is 2.50. The number of urea groups is 1. The van der Waals surface area contributed by atoms with Gasteiger partial charge in [-0.05, 0) is 31.2 Å². The van der Waals surface area contributed by atoms with Crippen LogP contribution in [-0.2, 0) is 16.9 Å². The summed E-state index contributed by atoms with van der Waals surface area (Å²) in [6, 6.07) is 10.5. The highest BCUT2D eigenvalue weighted by Crippen LogP contribution is 2.34. The van der Waals surface area contributed by atoms with Gasteiger partial charge < -0.3 is 10.2 Å². The molecule has 5 nitrogen and oxygen atoms in total. The predicted molar refractivity (Wildman–Crippen MR) is 101 cm³/mol. The Hall–Kier alpha value is -2.15. The predicted octanol–water partition coefficient (Wildman–Crippen LogP) is 2.57. The number of rotatable bonds is 5. The van der Waals surface area contributed by atoms with Gasteiger partial charge in [0.15, 0.2) is 6.67 Å². The van der Waals surface area contributed by atoms with Crippen LogP contribution in [0.2, 0.25) is 10.0 Å². The van der Waals surface area contributed by atoms with Crippen LogP contribution in [0.15, 0.2) is 42.5 Å². The van der Waals surface area contributed by atoms with Gasteiger partial charge in [0.25, 0.3) is 5.91 Å². The highest BCUT2D eigenvalue weighted by molar-refractivity contribution is 6.35. The van der Waals surface area contributed by atoms with E-state index in [1.54, 1.807) is 31.2 Å². The molecule has 0 radical (unpaired) electrons. The maximum absolute atomic E-state index is 13.3. The van der Waals surface area contributed by atoms with E-state index < -0.39 is 17.5 Å². The molecule has 1 aliphatic rings. The maximum atomic E-state index is 13.3. The quantitative estimate of drug-likeness (QED) is 0.744. The minimum absolute atomic E-state index is 0.141. The third-order valence-electron chi connectivity index (χ3n) is 4.57. The highest BCUT2D eigenvalue weighted by atomic mass is 35.5. The Morgan fingerprint density at radius 1 is 1.19 bits per heavy atom. The molecule has 2 aromatic rings. The lowest BCUT2D eigenvalue weighted by molar-refractivity contribution is -0.901. The molecular formula is C19H19Cl2FN3O2+. The summed E-state index contributed by atoms with van der Waals surface area (Å²) in [6.07, 6.45) is 0. The number of imide groups is 1. The van der Waals surface area contributed by atoms with Gasteiger partial charge in [-0.15, -0.1) is 0 Å². The van der Waals surface area contributed by atoms with E-state index in [0.29, 0.717) is 22.2 Å². The summed E-state index contributed by atoms with van der Waals surface area (Å²) in [5.74, 6) is -0.712. The van der Waals surface area contributed by atoms with E-state index in [0.717, 1.165) is 15.4 Å². The first-order valence-corrected chi connectivity index (χ1v) is 9.11. The molecule has 1 heterocycles. The molecule has 1 unspecified atom stereocenters. The van der Waals surface area contributed by atoms with Crippen molar-refractivity contribution in [1.29, 1.82) is 0 Å². The Labute approximate surface area is 166 Å². The first-order valence-electron chi connectivity index (χ1n) is 8.36. The normalized spacial score (nSPS) is 20.7. The van der Waals surface area contributed by atoms with Crippen molar-refractivity contribution in [2.24, 2.45) is 0 Å². The van der Waals surface area contributed by atoms with Crippen molar-refractivity contribution in [3.63, 3.8) is 0 Å². The average Bonchev–Trinajstić information content (AvgIpc) is 2.78. The van der Waals surface area contributed by atoms with Gasteiger partial charge in [0, 0.05) is 21.2 Å². The zero-order valence-electron chi connectivity index (χ0n) is 14.9. The second kappa shape index (κ2) is 7.46. The summed E-state index contributed by atoms with van der Waals surface area (Å²) in [5, 5.41) is 3.47. The number of carbonyl (C=O) groups excluding carboxylic acids is 2. The van der Waals surface area contributed by atoms with Crippen molar-refractivity contribution in [3.05, 3.63) is 69.5 Å². The topological polar surface area (TPSA) is 53.9 Å². The standard InChI is InChI=1S/C19H18Cl2FN3O2/c1-19(15-7-6-13(20)9-16(15)21)17(26)25(18(27)23-19)11-24(2)10-12-4-3-5-14(22)8-12/h3-9H,10-11H2,1-2H3,(H,23,27)/p+1/t19-/m0/s1. The van der Waals surface area contributed by atoms with Crippen molar-refractivity contribution in [1.82, 2.24) is 10.2 Å². The van der Waals surface area contributed by atoms with Crippen LogP contribution in [0.3, 0.4) is 0 Å². The Morgan fingerprint density at radius 3 is 2.59 bits per heavy atom. The molecule has 142 valence electrons. The number of amides is 3. The maximum Gasteiger partial charge on any atom is 0.329 e. The van der Waals surface area contributed by atoms with Gasteiger partial charge in [0.1, 0.15) is 17.9 Å². The fourth-order valence-electron chi connectivity index (χ4n) is 3.24. The van der Waals surface area contributed by atoms with Crippen LogP contribution in [0.5, 0.6) is 0 Å². The Morgan fingerprint density at radius 2 is 1.93 bits per heavy atom. The number of hydrogen-bond acceptors (Lipinski definition) is 2. The number of nitrogens with one attached hydrogen (secondary N) is 2. The van der Waals surface area contributed by atoms with Crippen LogP contribution in [0, 0.1) is 5.82 Å². The van der Waals surface area contributed by atoms with Gasteiger partial charge in [0.05, 0.1) is 7.05 Å². The van der Waals surface area contributed by atoms with E-state index >= 15 is 0 Å². The van der Waals surface area contributed by atoms with E-state index in [1.165, 1.54) is 18.2 Å². The molecule has 0 aromatic heterocycles. The third-order valence-corrected chi connectivity index (χ3v) is 5.12. The molecular weight excluding hydrogens is 392 g/mol. The Bertz CT molecular complexity index is 908. The van der Waals surface area contributed by atoms with Crippen molar-refractivity contribution in [3.8, 4) is 0 Å². The molecule has 0 saturated carbocycles. The fraction of sp³-hybridized carbons (Fsp3) is 0.263. The zero-order chi connectivity index (χ0) is 19.8. The minimum atomic E-state index is -1.27. The summed E-state index contributed by atoms with van der Waals surface area (Å²) in [4.78, 5) is 27.4. The van der Waals surface area contributed by atoms with Crippen molar-refractivity contribution < 1.29 is 18.9 Å². The number of benzene rings is 2. The third kappa shape index (κ3) is 3.93. The first kappa shape index (κ1) is 19.6. The second-order valence-electron chi connectivity index (χ2n) is 6.83. The van der Waals surface area contributed by atoms with Crippen LogP contribution in [0.25, 0.3) is 0 Å². The van der Waals surface area contributed by atoms with Gasteiger partial charge in [-0.25, -0.2) is 14.1 Å². The second-order valence-corrected chi connectivity index (χ2v) is 7.68. The van der Waals surface area contributed by atoms with Crippen molar-refractivity contribution in [2.75, 3.05) is 13.7 Å². The molecule has 27 heavy (non-hydrogen) atoms. The van der Waals surface area contributed by atoms with Gasteiger partial charge in [-0.1, -0.05) is 41.4 Å². The van der Waals surface area contributed by atoms with Crippen LogP contribution in [-0.4, -0.2) is 30.6 Å². The average molecular weight is 411 g/mol. The van der Waals surface area contributed by atoms with Crippen LogP contribution < -0.4 is 10.2 Å². The molecule has 3 rings (SSSR count). The Kier molecular flexibility index (Phi) is 5.42.